The SMILES string of the molecule is OC(c1ccc(F)cc1)(c1ccc(F)cc1)C(Cl)(Cl)Cl. The van der Waals surface area contributed by atoms with E-state index in [1.165, 1.54) is 24.3 Å². The Balaban J connectivity index is 2.62. The predicted molar refractivity (Wildman–Crippen MR) is 76.1 cm³/mol. The molecule has 0 amide bonds. The maximum Gasteiger partial charge on any atom is 0.227 e. The summed E-state index contributed by atoms with van der Waals surface area (Å²) in [6.45, 7) is 0. The lowest BCUT2D eigenvalue weighted by atomic mass is 9.87. The van der Waals surface area contributed by atoms with Crippen molar-refractivity contribution in [1.82, 2.24) is 0 Å². The second-order valence-electron chi connectivity index (χ2n) is 4.22. The van der Waals surface area contributed by atoms with Crippen molar-refractivity contribution < 1.29 is 13.9 Å². The van der Waals surface area contributed by atoms with Gasteiger partial charge in [0.2, 0.25) is 3.79 Å². The average molecular weight is 338 g/mol. The van der Waals surface area contributed by atoms with Crippen LogP contribution in [0.3, 0.4) is 0 Å². The monoisotopic (exact) mass is 336 g/mol. The zero-order valence-corrected chi connectivity index (χ0v) is 12.2. The van der Waals surface area contributed by atoms with Crippen molar-refractivity contribution in [2.45, 2.75) is 9.39 Å². The second-order valence-corrected chi connectivity index (χ2v) is 6.50. The van der Waals surface area contributed by atoms with E-state index in [1.54, 1.807) is 0 Å². The largest absolute Gasteiger partial charge is 0.376 e. The van der Waals surface area contributed by atoms with Gasteiger partial charge < -0.3 is 5.11 Å². The molecule has 0 radical (unpaired) electrons. The van der Waals surface area contributed by atoms with E-state index in [2.05, 4.69) is 0 Å². The van der Waals surface area contributed by atoms with Gasteiger partial charge in [-0.15, -0.1) is 0 Å². The van der Waals surface area contributed by atoms with E-state index < -0.39 is 21.0 Å². The van der Waals surface area contributed by atoms with Crippen molar-refractivity contribution in [3.05, 3.63) is 71.3 Å². The first kappa shape index (κ1) is 15.5. The van der Waals surface area contributed by atoms with Crippen LogP contribution in [-0.2, 0) is 5.60 Å². The number of hydrogen-bond donors (Lipinski definition) is 1. The highest BCUT2D eigenvalue weighted by Crippen LogP contribution is 2.49. The molecule has 0 aliphatic carbocycles. The van der Waals surface area contributed by atoms with Gasteiger partial charge in [-0.3, -0.25) is 0 Å². The minimum Gasteiger partial charge on any atom is -0.376 e. The molecule has 0 aliphatic rings. The molecule has 2 aromatic rings. The molecule has 0 unspecified atom stereocenters. The summed E-state index contributed by atoms with van der Waals surface area (Å²) in [5, 5.41) is 10.8. The zero-order valence-electron chi connectivity index (χ0n) is 9.96. The van der Waals surface area contributed by atoms with Crippen LogP contribution < -0.4 is 0 Å². The summed E-state index contributed by atoms with van der Waals surface area (Å²) in [5.74, 6) is -0.973. The van der Waals surface area contributed by atoms with Gasteiger partial charge in [0.1, 0.15) is 11.6 Å². The van der Waals surface area contributed by atoms with Gasteiger partial charge in [0.25, 0.3) is 0 Å². The van der Waals surface area contributed by atoms with Crippen molar-refractivity contribution in [3.8, 4) is 0 Å². The third-order valence-corrected chi connectivity index (χ3v) is 3.75. The molecule has 0 saturated carbocycles. The first-order chi connectivity index (χ1) is 9.25. The van der Waals surface area contributed by atoms with Crippen LogP contribution in [0.5, 0.6) is 0 Å². The highest BCUT2D eigenvalue weighted by atomic mass is 35.6. The molecule has 106 valence electrons. The summed E-state index contributed by atoms with van der Waals surface area (Å²) in [6, 6.07) is 9.78. The molecule has 6 heteroatoms. The molecular formula is C14H9Cl3F2O. The highest BCUT2D eigenvalue weighted by Gasteiger charge is 2.50. The lowest BCUT2D eigenvalue weighted by Gasteiger charge is -2.35. The average Bonchev–Trinajstić information content (AvgIpc) is 2.38. The number of rotatable bonds is 2. The Morgan fingerprint density at radius 2 is 1.00 bits per heavy atom. The Morgan fingerprint density at radius 3 is 1.25 bits per heavy atom. The van der Waals surface area contributed by atoms with Crippen molar-refractivity contribution in [2.75, 3.05) is 0 Å². The normalized spacial score (nSPS) is 12.5. The lowest BCUT2D eigenvalue weighted by molar-refractivity contribution is 0.0848. The van der Waals surface area contributed by atoms with Gasteiger partial charge in [0.15, 0.2) is 5.60 Å². The number of halogens is 5. The number of aliphatic hydroxyl groups is 1. The van der Waals surface area contributed by atoms with Gasteiger partial charge in [0, 0.05) is 0 Å². The molecule has 1 nitrogen and oxygen atoms in total. The second kappa shape index (κ2) is 5.49. The van der Waals surface area contributed by atoms with E-state index >= 15 is 0 Å². The van der Waals surface area contributed by atoms with Gasteiger partial charge in [-0.05, 0) is 35.4 Å². The minimum atomic E-state index is -2.12. The molecule has 1 N–H and O–H groups in total. The molecule has 2 rings (SSSR count). The molecular weight excluding hydrogens is 329 g/mol. The standard InChI is InChI=1S/C14H9Cl3F2O/c15-14(16,17)13(20,9-1-5-11(18)6-2-9)10-3-7-12(19)8-4-10/h1-8,20H. The van der Waals surface area contributed by atoms with Gasteiger partial charge in [0.05, 0.1) is 0 Å². The third kappa shape index (κ3) is 2.77. The van der Waals surface area contributed by atoms with E-state index in [4.69, 9.17) is 34.8 Å². The summed E-state index contributed by atoms with van der Waals surface area (Å²) >= 11 is 17.6. The van der Waals surface area contributed by atoms with Crippen LogP contribution in [0.4, 0.5) is 8.78 Å². The summed E-state index contributed by atoms with van der Waals surface area (Å²) in [7, 11) is 0. The first-order valence-electron chi connectivity index (χ1n) is 5.56. The van der Waals surface area contributed by atoms with Crippen LogP contribution in [-0.4, -0.2) is 8.90 Å². The van der Waals surface area contributed by atoms with Gasteiger partial charge >= 0.3 is 0 Å². The van der Waals surface area contributed by atoms with Crippen LogP contribution in [0.2, 0.25) is 0 Å². The Bertz CT molecular complexity index is 546. The third-order valence-electron chi connectivity index (χ3n) is 2.93. The number of alkyl halides is 3. The molecule has 0 aromatic heterocycles. The quantitative estimate of drug-likeness (QED) is 0.796. The number of benzene rings is 2. The van der Waals surface area contributed by atoms with Crippen molar-refractivity contribution in [2.24, 2.45) is 0 Å². The van der Waals surface area contributed by atoms with Crippen LogP contribution in [0.1, 0.15) is 11.1 Å². The van der Waals surface area contributed by atoms with E-state index in [1.807, 2.05) is 0 Å². The molecule has 0 aliphatic heterocycles. The van der Waals surface area contributed by atoms with E-state index in [0.29, 0.717) is 0 Å². The Kier molecular flexibility index (Phi) is 4.26. The van der Waals surface area contributed by atoms with Gasteiger partial charge in [-0.1, -0.05) is 59.1 Å². The lowest BCUT2D eigenvalue weighted by Crippen LogP contribution is -2.41. The van der Waals surface area contributed by atoms with Crippen LogP contribution >= 0.6 is 34.8 Å². The summed E-state index contributed by atoms with van der Waals surface area (Å²) in [5.41, 5.74) is -1.66. The highest BCUT2D eigenvalue weighted by molar-refractivity contribution is 6.68. The fourth-order valence-electron chi connectivity index (χ4n) is 1.88. The Labute approximate surface area is 129 Å². The molecule has 2 aromatic carbocycles. The zero-order chi connectivity index (χ0) is 15.0. The molecule has 0 atom stereocenters. The maximum atomic E-state index is 13.0. The summed E-state index contributed by atoms with van der Waals surface area (Å²) in [6.07, 6.45) is 0. The van der Waals surface area contributed by atoms with Crippen LogP contribution in [0, 0.1) is 11.6 Å². The van der Waals surface area contributed by atoms with Crippen LogP contribution in [0.15, 0.2) is 48.5 Å². The summed E-state index contributed by atoms with van der Waals surface area (Å²) in [4.78, 5) is 0. The molecule has 0 fully saturated rings. The van der Waals surface area contributed by atoms with Crippen molar-refractivity contribution in [3.63, 3.8) is 0 Å². The fraction of sp³-hybridized carbons (Fsp3) is 0.143. The smallest absolute Gasteiger partial charge is 0.227 e. The molecule has 0 saturated heterocycles. The topological polar surface area (TPSA) is 20.2 Å². The van der Waals surface area contributed by atoms with Crippen LogP contribution in [0.25, 0.3) is 0 Å². The molecule has 0 bridgehead atoms. The van der Waals surface area contributed by atoms with Gasteiger partial charge in [-0.25, -0.2) is 8.78 Å². The molecule has 0 heterocycles. The Morgan fingerprint density at radius 1 is 0.700 bits per heavy atom. The predicted octanol–water partition coefficient (Wildman–Crippen LogP) is 4.57. The fourth-order valence-corrected chi connectivity index (χ4v) is 2.53. The van der Waals surface area contributed by atoms with Gasteiger partial charge in [-0.2, -0.15) is 0 Å². The van der Waals surface area contributed by atoms with Crippen molar-refractivity contribution in [1.29, 1.82) is 0 Å². The molecule has 0 spiro atoms. The Hall–Kier alpha value is -0.870. The van der Waals surface area contributed by atoms with Crippen molar-refractivity contribution >= 4 is 34.8 Å². The van der Waals surface area contributed by atoms with E-state index in [-0.39, 0.29) is 11.1 Å². The number of hydrogen-bond acceptors (Lipinski definition) is 1. The summed E-state index contributed by atoms with van der Waals surface area (Å²) < 4.78 is 23.9. The minimum absolute atomic E-state index is 0.186. The maximum absolute atomic E-state index is 13.0. The van der Waals surface area contributed by atoms with E-state index in [0.717, 1.165) is 24.3 Å². The van der Waals surface area contributed by atoms with E-state index in [9.17, 15) is 13.9 Å². The molecule has 20 heavy (non-hydrogen) atoms. The first-order valence-corrected chi connectivity index (χ1v) is 6.70.